The lowest BCUT2D eigenvalue weighted by Crippen LogP contribution is -2.19. The minimum atomic E-state index is -0.812. The van der Waals surface area contributed by atoms with Gasteiger partial charge in [-0.15, -0.1) is 0 Å². The lowest BCUT2D eigenvalue weighted by atomic mass is 10.1. The van der Waals surface area contributed by atoms with E-state index in [0.717, 1.165) is 6.07 Å². The number of nitrogen functional groups attached to an aromatic ring is 1. The van der Waals surface area contributed by atoms with Crippen LogP contribution in [0.1, 0.15) is 12.5 Å². The minimum absolute atomic E-state index is 0.0622. The Morgan fingerprint density at radius 2 is 2.19 bits per heavy atom. The Labute approximate surface area is 91.6 Å². The number of nitrogens with two attached hydrogens (primary N) is 1. The van der Waals surface area contributed by atoms with E-state index in [9.17, 15) is 13.6 Å². The van der Waals surface area contributed by atoms with Gasteiger partial charge in [-0.3, -0.25) is 4.79 Å². The van der Waals surface area contributed by atoms with E-state index in [4.69, 9.17) is 5.73 Å². The van der Waals surface area contributed by atoms with Gasteiger partial charge in [-0.1, -0.05) is 11.8 Å². The largest absolute Gasteiger partial charge is 0.398 e. The molecule has 0 aliphatic rings. The molecular weight excluding hydrogens is 214 g/mol. The molecular formula is C11H10F2N2O. The van der Waals surface area contributed by atoms with Gasteiger partial charge in [0, 0.05) is 13.0 Å². The highest BCUT2D eigenvalue weighted by atomic mass is 19.1. The molecule has 0 saturated carbocycles. The van der Waals surface area contributed by atoms with Crippen molar-refractivity contribution in [2.45, 2.75) is 6.92 Å². The van der Waals surface area contributed by atoms with Crippen molar-refractivity contribution in [3.05, 3.63) is 29.3 Å². The summed E-state index contributed by atoms with van der Waals surface area (Å²) in [6, 6.07) is 1.70. The van der Waals surface area contributed by atoms with Gasteiger partial charge in [-0.2, -0.15) is 0 Å². The topological polar surface area (TPSA) is 55.1 Å². The first kappa shape index (κ1) is 12.0. The Kier molecular flexibility index (Phi) is 3.84. The van der Waals surface area contributed by atoms with Gasteiger partial charge in [0.25, 0.3) is 0 Å². The number of hydrogen-bond acceptors (Lipinski definition) is 2. The van der Waals surface area contributed by atoms with Crippen LogP contribution in [-0.4, -0.2) is 12.5 Å². The van der Waals surface area contributed by atoms with E-state index in [2.05, 4.69) is 17.2 Å². The summed E-state index contributed by atoms with van der Waals surface area (Å²) in [7, 11) is 0. The number of amides is 1. The van der Waals surface area contributed by atoms with Crippen molar-refractivity contribution in [3.8, 4) is 11.8 Å². The lowest BCUT2D eigenvalue weighted by Gasteiger charge is -2.00. The number of nitrogens with one attached hydrogen (secondary N) is 1. The van der Waals surface area contributed by atoms with Crippen LogP contribution in [0.2, 0.25) is 0 Å². The van der Waals surface area contributed by atoms with E-state index >= 15 is 0 Å². The maximum atomic E-state index is 13.2. The molecule has 3 N–H and O–H groups in total. The van der Waals surface area contributed by atoms with Crippen molar-refractivity contribution in [3.63, 3.8) is 0 Å². The normalized spacial score (nSPS) is 9.19. The zero-order chi connectivity index (χ0) is 12.1. The fourth-order valence-electron chi connectivity index (χ4n) is 1.03. The van der Waals surface area contributed by atoms with Gasteiger partial charge in [0.2, 0.25) is 5.91 Å². The molecule has 0 unspecified atom stereocenters. The second kappa shape index (κ2) is 5.12. The van der Waals surface area contributed by atoms with Gasteiger partial charge in [-0.25, -0.2) is 8.78 Å². The van der Waals surface area contributed by atoms with Crippen LogP contribution in [0.25, 0.3) is 0 Å². The number of anilines is 1. The molecule has 1 rings (SSSR count). The molecule has 84 valence electrons. The molecule has 1 amide bonds. The van der Waals surface area contributed by atoms with Crippen molar-refractivity contribution in [2.24, 2.45) is 0 Å². The predicted molar refractivity (Wildman–Crippen MR) is 56.3 cm³/mol. The van der Waals surface area contributed by atoms with Crippen LogP contribution in [0.3, 0.4) is 0 Å². The molecule has 1 aromatic rings. The molecule has 0 spiro atoms. The molecule has 0 atom stereocenters. The summed E-state index contributed by atoms with van der Waals surface area (Å²) in [5.74, 6) is 3.15. The zero-order valence-electron chi connectivity index (χ0n) is 8.60. The number of carbonyl (C=O) groups is 1. The second-order valence-corrected chi connectivity index (χ2v) is 3.06. The van der Waals surface area contributed by atoms with Gasteiger partial charge >= 0.3 is 0 Å². The Hall–Kier alpha value is -2.09. The highest BCUT2D eigenvalue weighted by Gasteiger charge is 2.06. The molecule has 0 bridgehead atoms. The SMILES string of the molecule is CC(=O)NCC#Cc1c(N)cc(F)cc1F. The zero-order valence-corrected chi connectivity index (χ0v) is 8.60. The Morgan fingerprint density at radius 3 is 2.75 bits per heavy atom. The maximum absolute atomic E-state index is 13.2. The summed E-state index contributed by atoms with van der Waals surface area (Å²) in [6.07, 6.45) is 0. The molecule has 3 nitrogen and oxygen atoms in total. The summed E-state index contributed by atoms with van der Waals surface area (Å²) in [5, 5.41) is 2.42. The Morgan fingerprint density at radius 1 is 1.50 bits per heavy atom. The van der Waals surface area contributed by atoms with Crippen molar-refractivity contribution in [2.75, 3.05) is 12.3 Å². The van der Waals surface area contributed by atoms with Gasteiger partial charge in [-0.05, 0) is 6.07 Å². The summed E-state index contributed by atoms with van der Waals surface area (Å²) in [5.41, 5.74) is 5.27. The first-order valence-corrected chi connectivity index (χ1v) is 4.48. The van der Waals surface area contributed by atoms with Crippen molar-refractivity contribution >= 4 is 11.6 Å². The van der Waals surface area contributed by atoms with Gasteiger partial charge in [0.15, 0.2) is 0 Å². The average Bonchev–Trinajstić information content (AvgIpc) is 2.14. The molecule has 0 fully saturated rings. The lowest BCUT2D eigenvalue weighted by molar-refractivity contribution is -0.118. The summed E-state index contributed by atoms with van der Waals surface area (Å²) in [4.78, 5) is 10.5. The first-order chi connectivity index (χ1) is 7.50. The molecule has 0 aromatic heterocycles. The summed E-state index contributed by atoms with van der Waals surface area (Å²) in [6.45, 7) is 1.43. The van der Waals surface area contributed by atoms with E-state index in [0.29, 0.717) is 6.07 Å². The third-order valence-corrected chi connectivity index (χ3v) is 1.72. The van der Waals surface area contributed by atoms with Crippen LogP contribution in [0.4, 0.5) is 14.5 Å². The first-order valence-electron chi connectivity index (χ1n) is 4.48. The van der Waals surface area contributed by atoms with Crippen molar-refractivity contribution in [1.82, 2.24) is 5.32 Å². The van der Waals surface area contributed by atoms with Gasteiger partial charge in [0.05, 0.1) is 17.8 Å². The highest BCUT2D eigenvalue weighted by Crippen LogP contribution is 2.16. The highest BCUT2D eigenvalue weighted by molar-refractivity contribution is 5.73. The van der Waals surface area contributed by atoms with Gasteiger partial charge < -0.3 is 11.1 Å². The van der Waals surface area contributed by atoms with E-state index in [1.807, 2.05) is 0 Å². The Balaban J connectivity index is 2.84. The standard InChI is InChI=1S/C11H10F2N2O/c1-7(16)15-4-2-3-9-10(13)5-8(12)6-11(9)14/h5-6H,4,14H2,1H3,(H,15,16). The molecule has 0 radical (unpaired) electrons. The predicted octanol–water partition coefficient (Wildman–Crippen LogP) is 1.03. The number of halogens is 2. The monoisotopic (exact) mass is 224 g/mol. The molecule has 0 heterocycles. The third kappa shape index (κ3) is 3.24. The van der Waals surface area contributed by atoms with E-state index in [-0.39, 0.29) is 23.7 Å². The smallest absolute Gasteiger partial charge is 0.217 e. The molecule has 0 saturated heterocycles. The number of benzene rings is 1. The van der Waals surface area contributed by atoms with Crippen LogP contribution in [0, 0.1) is 23.5 Å². The van der Waals surface area contributed by atoms with Gasteiger partial charge in [0.1, 0.15) is 11.6 Å². The quantitative estimate of drug-likeness (QED) is 0.553. The van der Waals surface area contributed by atoms with Crippen LogP contribution < -0.4 is 11.1 Å². The minimum Gasteiger partial charge on any atom is -0.398 e. The molecule has 16 heavy (non-hydrogen) atoms. The Bertz CT molecular complexity index is 452. The van der Waals surface area contributed by atoms with Crippen molar-refractivity contribution < 1.29 is 13.6 Å². The molecule has 5 heteroatoms. The maximum Gasteiger partial charge on any atom is 0.217 e. The molecule has 0 aliphatic heterocycles. The van der Waals surface area contributed by atoms with E-state index < -0.39 is 11.6 Å². The number of carbonyl (C=O) groups excluding carboxylic acids is 1. The van der Waals surface area contributed by atoms with Crippen LogP contribution in [-0.2, 0) is 4.79 Å². The van der Waals surface area contributed by atoms with Crippen LogP contribution in [0.15, 0.2) is 12.1 Å². The molecule has 0 aliphatic carbocycles. The van der Waals surface area contributed by atoms with E-state index in [1.165, 1.54) is 6.92 Å². The average molecular weight is 224 g/mol. The number of rotatable bonds is 1. The van der Waals surface area contributed by atoms with Crippen molar-refractivity contribution in [1.29, 1.82) is 0 Å². The van der Waals surface area contributed by atoms with Crippen LogP contribution >= 0.6 is 0 Å². The summed E-state index contributed by atoms with van der Waals surface area (Å²) < 4.78 is 25.9. The molecule has 1 aromatic carbocycles. The third-order valence-electron chi connectivity index (χ3n) is 1.72. The fourth-order valence-corrected chi connectivity index (χ4v) is 1.03. The number of hydrogen-bond donors (Lipinski definition) is 2. The van der Waals surface area contributed by atoms with Crippen LogP contribution in [0.5, 0.6) is 0 Å². The summed E-state index contributed by atoms with van der Waals surface area (Å²) >= 11 is 0. The second-order valence-electron chi connectivity index (χ2n) is 3.06. The fraction of sp³-hybridized carbons (Fsp3) is 0.182. The van der Waals surface area contributed by atoms with E-state index in [1.54, 1.807) is 0 Å².